The summed E-state index contributed by atoms with van der Waals surface area (Å²) < 4.78 is 0. The van der Waals surface area contributed by atoms with Crippen LogP contribution in [0.2, 0.25) is 0 Å². The average molecular weight is 261 g/mol. The third-order valence-corrected chi connectivity index (χ3v) is 3.51. The first-order valence-corrected chi connectivity index (χ1v) is 6.03. The zero-order valence-corrected chi connectivity index (χ0v) is 10.5. The van der Waals surface area contributed by atoms with Crippen LogP contribution in [0.25, 0.3) is 0 Å². The van der Waals surface area contributed by atoms with Crippen LogP contribution in [0, 0.1) is 17.0 Å². The topological polar surface area (TPSA) is 82.0 Å². The van der Waals surface area contributed by atoms with Crippen molar-refractivity contribution in [2.24, 2.45) is 0 Å². The van der Waals surface area contributed by atoms with Gasteiger partial charge >= 0.3 is 0 Å². The molecule has 0 bridgehead atoms. The lowest BCUT2D eigenvalue weighted by molar-refractivity contribution is -0.387. The summed E-state index contributed by atoms with van der Waals surface area (Å²) in [7, 11) is 0. The van der Waals surface area contributed by atoms with Crippen LogP contribution in [0.5, 0.6) is 0 Å². The SMILES string of the molecule is Cc1cc(N)cnc1Sc1ccccc1[N+](=O)[O-]. The van der Waals surface area contributed by atoms with Crippen LogP contribution >= 0.6 is 11.8 Å². The van der Waals surface area contributed by atoms with Gasteiger partial charge in [-0.2, -0.15) is 0 Å². The molecule has 2 rings (SSSR count). The minimum atomic E-state index is -0.394. The molecule has 1 aromatic heterocycles. The van der Waals surface area contributed by atoms with Crippen molar-refractivity contribution >= 4 is 23.1 Å². The van der Waals surface area contributed by atoms with Crippen LogP contribution in [0.1, 0.15) is 5.56 Å². The largest absolute Gasteiger partial charge is 0.397 e. The molecule has 0 saturated heterocycles. The summed E-state index contributed by atoms with van der Waals surface area (Å²) in [6.07, 6.45) is 1.55. The molecule has 0 aliphatic heterocycles. The van der Waals surface area contributed by atoms with E-state index in [0.717, 1.165) is 10.6 Å². The number of hydrogen-bond acceptors (Lipinski definition) is 5. The Bertz CT molecular complexity index is 602. The monoisotopic (exact) mass is 261 g/mol. The number of para-hydroxylation sites is 1. The van der Waals surface area contributed by atoms with Crippen LogP contribution in [0.15, 0.2) is 46.5 Å². The van der Waals surface area contributed by atoms with Crippen molar-refractivity contribution in [3.63, 3.8) is 0 Å². The van der Waals surface area contributed by atoms with Gasteiger partial charge in [-0.05, 0) is 24.6 Å². The Morgan fingerprint density at radius 1 is 1.39 bits per heavy atom. The normalized spacial score (nSPS) is 10.3. The summed E-state index contributed by atoms with van der Waals surface area (Å²) in [5.74, 6) is 0. The molecule has 0 amide bonds. The molecule has 5 nitrogen and oxygen atoms in total. The van der Waals surface area contributed by atoms with E-state index in [1.165, 1.54) is 17.8 Å². The van der Waals surface area contributed by atoms with E-state index < -0.39 is 4.92 Å². The Kier molecular flexibility index (Phi) is 3.47. The van der Waals surface area contributed by atoms with Crippen LogP contribution in [-0.4, -0.2) is 9.91 Å². The number of aromatic nitrogens is 1. The lowest BCUT2D eigenvalue weighted by Crippen LogP contribution is -1.93. The molecular formula is C12H11N3O2S. The summed E-state index contributed by atoms with van der Waals surface area (Å²) in [6, 6.07) is 8.40. The number of nitrogen functional groups attached to an aromatic ring is 1. The van der Waals surface area contributed by atoms with Gasteiger partial charge in [-0.3, -0.25) is 10.1 Å². The maximum atomic E-state index is 10.9. The van der Waals surface area contributed by atoms with E-state index in [-0.39, 0.29) is 5.69 Å². The number of nitro benzene ring substituents is 1. The second kappa shape index (κ2) is 5.05. The highest BCUT2D eigenvalue weighted by molar-refractivity contribution is 7.99. The van der Waals surface area contributed by atoms with Crippen molar-refractivity contribution in [2.75, 3.05) is 5.73 Å². The fourth-order valence-corrected chi connectivity index (χ4v) is 2.42. The van der Waals surface area contributed by atoms with Crippen molar-refractivity contribution in [3.8, 4) is 0 Å². The molecular weight excluding hydrogens is 250 g/mol. The van der Waals surface area contributed by atoms with Gasteiger partial charge in [0.25, 0.3) is 5.69 Å². The van der Waals surface area contributed by atoms with E-state index >= 15 is 0 Å². The second-order valence-electron chi connectivity index (χ2n) is 3.72. The lowest BCUT2D eigenvalue weighted by atomic mass is 10.3. The van der Waals surface area contributed by atoms with Crippen molar-refractivity contribution in [1.82, 2.24) is 4.98 Å². The fraction of sp³-hybridized carbons (Fsp3) is 0.0833. The summed E-state index contributed by atoms with van der Waals surface area (Å²) in [4.78, 5) is 15.3. The van der Waals surface area contributed by atoms with Gasteiger partial charge in [0.2, 0.25) is 0 Å². The van der Waals surface area contributed by atoms with E-state index in [4.69, 9.17) is 5.73 Å². The molecule has 1 heterocycles. The summed E-state index contributed by atoms with van der Waals surface area (Å²) in [5, 5.41) is 11.6. The number of hydrogen-bond donors (Lipinski definition) is 1. The summed E-state index contributed by atoms with van der Waals surface area (Å²) in [6.45, 7) is 1.88. The van der Waals surface area contributed by atoms with Crippen molar-refractivity contribution in [1.29, 1.82) is 0 Å². The van der Waals surface area contributed by atoms with Gasteiger partial charge in [-0.25, -0.2) is 4.98 Å². The first kappa shape index (κ1) is 12.4. The maximum Gasteiger partial charge on any atom is 0.283 e. The number of anilines is 1. The number of nitrogens with zero attached hydrogens (tertiary/aromatic N) is 2. The smallest absolute Gasteiger partial charge is 0.283 e. The molecule has 0 fully saturated rings. The molecule has 92 valence electrons. The molecule has 0 saturated carbocycles. The third-order valence-electron chi connectivity index (χ3n) is 2.32. The van der Waals surface area contributed by atoms with Gasteiger partial charge in [-0.15, -0.1) is 0 Å². The maximum absolute atomic E-state index is 10.9. The van der Waals surface area contributed by atoms with E-state index in [2.05, 4.69) is 4.98 Å². The van der Waals surface area contributed by atoms with E-state index in [0.29, 0.717) is 10.6 Å². The molecule has 6 heteroatoms. The summed E-state index contributed by atoms with van der Waals surface area (Å²) in [5.41, 5.74) is 7.19. The number of benzene rings is 1. The molecule has 0 radical (unpaired) electrons. The molecule has 0 aliphatic rings. The molecule has 0 unspecified atom stereocenters. The van der Waals surface area contributed by atoms with Gasteiger partial charge in [-0.1, -0.05) is 23.9 Å². The predicted octanol–water partition coefficient (Wildman–Crippen LogP) is 3.03. The van der Waals surface area contributed by atoms with Crippen LogP contribution in [-0.2, 0) is 0 Å². The van der Waals surface area contributed by atoms with Gasteiger partial charge in [0.05, 0.1) is 21.7 Å². The van der Waals surface area contributed by atoms with Crippen LogP contribution in [0.3, 0.4) is 0 Å². The Balaban J connectivity index is 2.37. The van der Waals surface area contributed by atoms with Gasteiger partial charge < -0.3 is 5.73 Å². The second-order valence-corrected chi connectivity index (χ2v) is 4.75. The molecule has 0 aliphatic carbocycles. The highest BCUT2D eigenvalue weighted by Gasteiger charge is 2.14. The molecule has 1 aromatic carbocycles. The van der Waals surface area contributed by atoms with E-state index in [9.17, 15) is 10.1 Å². The first-order valence-electron chi connectivity index (χ1n) is 5.21. The zero-order valence-electron chi connectivity index (χ0n) is 9.66. The van der Waals surface area contributed by atoms with E-state index in [1.807, 2.05) is 6.92 Å². The minimum absolute atomic E-state index is 0.0838. The fourth-order valence-electron chi connectivity index (χ4n) is 1.49. The highest BCUT2D eigenvalue weighted by atomic mass is 32.2. The van der Waals surface area contributed by atoms with Crippen molar-refractivity contribution < 1.29 is 4.92 Å². The number of rotatable bonds is 3. The average Bonchev–Trinajstić information content (AvgIpc) is 2.33. The van der Waals surface area contributed by atoms with Gasteiger partial charge in [0, 0.05) is 6.07 Å². The number of pyridine rings is 1. The van der Waals surface area contributed by atoms with Crippen LogP contribution in [0.4, 0.5) is 11.4 Å². The molecule has 0 spiro atoms. The summed E-state index contributed by atoms with van der Waals surface area (Å²) >= 11 is 1.27. The quantitative estimate of drug-likeness (QED) is 0.678. The van der Waals surface area contributed by atoms with Gasteiger partial charge in [0.15, 0.2) is 0 Å². The minimum Gasteiger partial charge on any atom is -0.397 e. The Morgan fingerprint density at radius 2 is 2.11 bits per heavy atom. The van der Waals surface area contributed by atoms with Crippen LogP contribution < -0.4 is 5.73 Å². The number of aryl methyl sites for hydroxylation is 1. The first-order chi connectivity index (χ1) is 8.58. The molecule has 2 N–H and O–H groups in total. The number of nitro groups is 1. The Morgan fingerprint density at radius 3 is 2.78 bits per heavy atom. The molecule has 18 heavy (non-hydrogen) atoms. The zero-order chi connectivity index (χ0) is 13.1. The Hall–Kier alpha value is -2.08. The van der Waals surface area contributed by atoms with Gasteiger partial charge in [0.1, 0.15) is 5.03 Å². The van der Waals surface area contributed by atoms with E-state index in [1.54, 1.807) is 30.5 Å². The Labute approximate surface area is 108 Å². The third kappa shape index (κ3) is 2.60. The van der Waals surface area contributed by atoms with Crippen molar-refractivity contribution in [3.05, 3.63) is 52.2 Å². The predicted molar refractivity (Wildman–Crippen MR) is 70.6 cm³/mol. The molecule has 2 aromatic rings. The molecule has 0 atom stereocenters. The standard InChI is InChI=1S/C12H11N3O2S/c1-8-6-9(13)7-14-12(8)18-11-5-3-2-4-10(11)15(16)17/h2-7H,13H2,1H3. The lowest BCUT2D eigenvalue weighted by Gasteiger charge is -2.05. The highest BCUT2D eigenvalue weighted by Crippen LogP contribution is 2.35. The van der Waals surface area contributed by atoms with Crippen molar-refractivity contribution in [2.45, 2.75) is 16.8 Å². The number of nitrogens with two attached hydrogens (primary N) is 1.